The molecule has 1 heterocycles. The molecule has 7 fully saturated rings. The fourth-order valence-electron chi connectivity index (χ4n) is 12.0. The molecular weight excluding hydrogens is 616 g/mol. The summed E-state index contributed by atoms with van der Waals surface area (Å²) in [6, 6.07) is 0. The first-order valence-electron chi connectivity index (χ1n) is 19.1. The Morgan fingerprint density at radius 2 is 1.08 bits per heavy atom. The number of aliphatic hydroxyl groups excluding tert-OH is 2. The zero-order valence-electron chi connectivity index (χ0n) is 28.7. The Bertz CT molecular complexity index is 1140. The summed E-state index contributed by atoms with van der Waals surface area (Å²) in [6.45, 7) is 0.540. The molecule has 0 radical (unpaired) electrons. The average Bonchev–Trinajstić information content (AvgIpc) is 3.09. The Morgan fingerprint density at radius 1 is 0.625 bits per heavy atom. The van der Waals surface area contributed by atoms with Crippen molar-refractivity contribution in [2.24, 2.45) is 57.2 Å². The van der Waals surface area contributed by atoms with Crippen LogP contribution in [0.2, 0.25) is 0 Å². The van der Waals surface area contributed by atoms with Gasteiger partial charge >= 0.3 is 17.9 Å². The number of esters is 2. The molecule has 0 aromatic carbocycles. The molecule has 270 valence electrons. The van der Waals surface area contributed by atoms with Crippen LogP contribution < -0.4 is 0 Å². The van der Waals surface area contributed by atoms with Crippen LogP contribution in [-0.2, 0) is 33.3 Å². The second kappa shape index (κ2) is 13.8. The minimum Gasteiger partial charge on any atom is -0.481 e. The van der Waals surface area contributed by atoms with E-state index in [0.717, 1.165) is 89.9 Å². The normalized spacial score (nSPS) is 45.5. The molecule has 6 saturated carbocycles. The van der Waals surface area contributed by atoms with Gasteiger partial charge in [-0.3, -0.25) is 14.4 Å². The maximum Gasteiger partial charge on any atom is 0.312 e. The molecule has 6 aliphatic carbocycles. The summed E-state index contributed by atoms with van der Waals surface area (Å²) in [5.41, 5.74) is -2.78. The van der Waals surface area contributed by atoms with Gasteiger partial charge in [-0.1, -0.05) is 38.5 Å². The van der Waals surface area contributed by atoms with Crippen molar-refractivity contribution >= 4 is 17.9 Å². The lowest BCUT2D eigenvalue weighted by Gasteiger charge is -2.50. The van der Waals surface area contributed by atoms with Crippen LogP contribution in [0.1, 0.15) is 116 Å². The van der Waals surface area contributed by atoms with Crippen LogP contribution in [0, 0.1) is 57.2 Å². The van der Waals surface area contributed by atoms with Gasteiger partial charge in [-0.15, -0.1) is 0 Å². The van der Waals surface area contributed by atoms with Crippen molar-refractivity contribution < 1.29 is 48.7 Å². The van der Waals surface area contributed by atoms with E-state index in [9.17, 15) is 29.7 Å². The van der Waals surface area contributed by atoms with Crippen molar-refractivity contribution in [2.45, 2.75) is 122 Å². The molecule has 7 aliphatic rings. The van der Waals surface area contributed by atoms with Crippen molar-refractivity contribution in [3.8, 4) is 0 Å². The van der Waals surface area contributed by atoms with Gasteiger partial charge in [0.1, 0.15) is 13.2 Å². The van der Waals surface area contributed by atoms with Crippen LogP contribution in [0.3, 0.4) is 0 Å². The summed E-state index contributed by atoms with van der Waals surface area (Å²) < 4.78 is 25.3. The molecule has 10 heteroatoms. The first-order valence-corrected chi connectivity index (χ1v) is 19.1. The predicted octanol–water partition coefficient (Wildman–Crippen LogP) is 5.26. The van der Waals surface area contributed by atoms with Gasteiger partial charge in [-0.25, -0.2) is 0 Å². The van der Waals surface area contributed by atoms with Gasteiger partial charge in [0.25, 0.3) is 0 Å². The first-order chi connectivity index (χ1) is 23.1. The molecule has 9 atom stereocenters. The van der Waals surface area contributed by atoms with E-state index < -0.39 is 33.9 Å². The number of carbonyl (C=O) groups excluding carboxylic acids is 2. The van der Waals surface area contributed by atoms with Crippen molar-refractivity contribution in [1.29, 1.82) is 0 Å². The number of ether oxygens (including phenoxy) is 4. The summed E-state index contributed by atoms with van der Waals surface area (Å²) in [5.74, 6) is 0.209. The molecule has 0 aromatic rings. The minimum absolute atomic E-state index is 0.00326. The molecule has 48 heavy (non-hydrogen) atoms. The van der Waals surface area contributed by atoms with Gasteiger partial charge in [-0.05, 0) is 107 Å². The summed E-state index contributed by atoms with van der Waals surface area (Å²) in [6.07, 6.45) is 14.7. The second-order valence-electron chi connectivity index (χ2n) is 17.9. The SMILES string of the molecule is O=C(O)C12CCCC(CC(C3OCC(COC(=O)C45CCCC(CC(CO)C4)C5)(COC(=O)C45CCCC(C[C@H](CO)C4)C5)CO3)C1)C2. The molecule has 0 spiro atoms. The summed E-state index contributed by atoms with van der Waals surface area (Å²) in [7, 11) is 0. The number of hydrogen-bond acceptors (Lipinski definition) is 9. The van der Waals surface area contributed by atoms with Gasteiger partial charge in [0.05, 0.1) is 34.9 Å². The van der Waals surface area contributed by atoms with E-state index in [0.29, 0.717) is 43.4 Å². The first kappa shape index (κ1) is 34.7. The molecule has 10 nitrogen and oxygen atoms in total. The van der Waals surface area contributed by atoms with E-state index in [1.807, 2.05) is 0 Å². The van der Waals surface area contributed by atoms with E-state index in [1.54, 1.807) is 0 Å². The molecule has 7 rings (SSSR count). The lowest BCUT2D eigenvalue weighted by Crippen LogP contribution is -2.54. The van der Waals surface area contributed by atoms with Crippen molar-refractivity contribution in [2.75, 3.05) is 39.6 Å². The number of carboxylic acids is 1. The van der Waals surface area contributed by atoms with Gasteiger partial charge in [0.2, 0.25) is 0 Å². The maximum absolute atomic E-state index is 13.9. The molecule has 0 aromatic heterocycles. The summed E-state index contributed by atoms with van der Waals surface area (Å²) in [5, 5.41) is 30.2. The average molecular weight is 675 g/mol. The van der Waals surface area contributed by atoms with Crippen molar-refractivity contribution in [3.63, 3.8) is 0 Å². The highest BCUT2D eigenvalue weighted by Crippen LogP contribution is 2.55. The van der Waals surface area contributed by atoms with Crippen LogP contribution in [0.5, 0.6) is 0 Å². The number of fused-ring (bicyclic) bond motifs is 6. The largest absolute Gasteiger partial charge is 0.481 e. The standard InChI is InChI=1S/C38H58O10/c39-19-28-10-25-4-2-8-37(14-25,16-28)33(43)47-23-35(24-48-34(44)38-9-3-5-26(15-38)11-29(17-38)20-40)21-45-31(46-22-35)30-12-27-6-1-7-36(13-27,18-30)32(41)42/h25-31,39-40H,1-24H2,(H,41,42)/t25?,26?,27?,28-,29?,30?,31?,35?,36?,37?,38?/m0/s1. The Kier molecular flexibility index (Phi) is 9.94. The van der Waals surface area contributed by atoms with Crippen LogP contribution in [0.4, 0.5) is 0 Å². The summed E-state index contributed by atoms with van der Waals surface area (Å²) >= 11 is 0. The summed E-state index contributed by atoms with van der Waals surface area (Å²) in [4.78, 5) is 40.2. The van der Waals surface area contributed by atoms with Gasteiger partial charge in [0, 0.05) is 19.1 Å². The van der Waals surface area contributed by atoms with Gasteiger partial charge in [-0.2, -0.15) is 0 Å². The van der Waals surface area contributed by atoms with Crippen molar-refractivity contribution in [3.05, 3.63) is 0 Å². The molecule has 1 aliphatic heterocycles. The zero-order valence-corrected chi connectivity index (χ0v) is 28.7. The highest BCUT2D eigenvalue weighted by Gasteiger charge is 2.54. The third-order valence-electron chi connectivity index (χ3n) is 14.2. The lowest BCUT2D eigenvalue weighted by atomic mass is 9.58. The highest BCUT2D eigenvalue weighted by molar-refractivity contribution is 5.78. The Balaban J connectivity index is 1.05. The third-order valence-corrected chi connectivity index (χ3v) is 14.2. The van der Waals surface area contributed by atoms with Crippen molar-refractivity contribution in [1.82, 2.24) is 0 Å². The number of hydrogen-bond donors (Lipinski definition) is 3. The lowest BCUT2D eigenvalue weighted by molar-refractivity contribution is -0.275. The van der Waals surface area contributed by atoms with Gasteiger partial charge < -0.3 is 34.3 Å². The molecule has 3 N–H and O–H groups in total. The number of carboxylic acid groups (broad SMARTS) is 1. The third kappa shape index (κ3) is 6.69. The van der Waals surface area contributed by atoms with E-state index >= 15 is 0 Å². The van der Waals surface area contributed by atoms with Crippen LogP contribution in [0.15, 0.2) is 0 Å². The molecular formula is C38H58O10. The Hall–Kier alpha value is -1.75. The molecule has 0 amide bonds. The Morgan fingerprint density at radius 3 is 1.56 bits per heavy atom. The van der Waals surface area contributed by atoms with E-state index in [4.69, 9.17) is 18.9 Å². The topological polar surface area (TPSA) is 149 Å². The highest BCUT2D eigenvalue weighted by atomic mass is 16.7. The predicted molar refractivity (Wildman–Crippen MR) is 173 cm³/mol. The smallest absolute Gasteiger partial charge is 0.312 e. The number of rotatable bonds is 10. The molecule has 6 bridgehead atoms. The quantitative estimate of drug-likeness (QED) is 0.262. The number of aliphatic hydroxyl groups is 2. The van der Waals surface area contributed by atoms with E-state index in [1.165, 1.54) is 0 Å². The van der Waals surface area contributed by atoms with Crippen LogP contribution in [0.25, 0.3) is 0 Å². The monoisotopic (exact) mass is 674 g/mol. The molecule has 1 saturated heterocycles. The minimum atomic E-state index is -0.887. The maximum atomic E-state index is 13.9. The molecule has 8 unspecified atom stereocenters. The number of carbonyl (C=O) groups is 3. The fraction of sp³-hybridized carbons (Fsp3) is 0.921. The number of aliphatic carboxylic acids is 1. The Labute approximate surface area is 285 Å². The van der Waals surface area contributed by atoms with E-state index in [2.05, 4.69) is 0 Å². The van der Waals surface area contributed by atoms with Crippen LogP contribution >= 0.6 is 0 Å². The fourth-order valence-corrected chi connectivity index (χ4v) is 12.0. The van der Waals surface area contributed by atoms with E-state index in [-0.39, 0.29) is 69.3 Å². The second-order valence-corrected chi connectivity index (χ2v) is 17.9. The van der Waals surface area contributed by atoms with Crippen LogP contribution in [-0.4, -0.2) is 79.2 Å². The zero-order chi connectivity index (χ0) is 33.6. The van der Waals surface area contributed by atoms with Gasteiger partial charge in [0.15, 0.2) is 6.29 Å².